The lowest BCUT2D eigenvalue weighted by molar-refractivity contribution is 0.0944. The highest BCUT2D eigenvalue weighted by Gasteiger charge is 2.03. The van der Waals surface area contributed by atoms with Crippen molar-refractivity contribution in [2.75, 3.05) is 25.5 Å². The Morgan fingerprint density at radius 3 is 2.59 bits per heavy atom. The molecule has 0 aliphatic rings. The van der Waals surface area contributed by atoms with Crippen LogP contribution in [0.25, 0.3) is 0 Å². The number of nitrogens with two attached hydrogens (primary N) is 1. The topological polar surface area (TPSA) is 64.3 Å². The van der Waals surface area contributed by atoms with Gasteiger partial charge in [-0.1, -0.05) is 0 Å². The van der Waals surface area contributed by atoms with E-state index in [2.05, 4.69) is 5.32 Å². The van der Waals surface area contributed by atoms with E-state index in [9.17, 15) is 4.79 Å². The van der Waals surface area contributed by atoms with Crippen LogP contribution in [0, 0.1) is 0 Å². The number of hydrogen-bond acceptors (Lipinski definition) is 3. The largest absolute Gasteiger partial charge is 0.399 e. The van der Waals surface area contributed by atoms with Gasteiger partial charge >= 0.3 is 0 Å². The zero-order valence-electron chi connectivity index (χ0n) is 9.94. The maximum Gasteiger partial charge on any atom is 0.251 e. The zero-order chi connectivity index (χ0) is 11.8. The minimum absolute atomic E-state index is 0. The van der Waals surface area contributed by atoms with E-state index in [4.69, 9.17) is 10.5 Å². The van der Waals surface area contributed by atoms with Gasteiger partial charge in [-0.2, -0.15) is 0 Å². The molecular formula is C12H19ClN2O2. The molecule has 1 aromatic rings. The van der Waals surface area contributed by atoms with Crippen molar-refractivity contribution in [2.24, 2.45) is 0 Å². The van der Waals surface area contributed by atoms with Gasteiger partial charge in [0, 0.05) is 31.0 Å². The van der Waals surface area contributed by atoms with Gasteiger partial charge in [-0.05, 0) is 37.6 Å². The van der Waals surface area contributed by atoms with E-state index in [0.29, 0.717) is 31.0 Å². The smallest absolute Gasteiger partial charge is 0.251 e. The first-order valence-electron chi connectivity index (χ1n) is 5.45. The van der Waals surface area contributed by atoms with Crippen LogP contribution in [-0.2, 0) is 4.74 Å². The zero-order valence-corrected chi connectivity index (χ0v) is 10.8. The molecule has 0 saturated heterocycles. The van der Waals surface area contributed by atoms with E-state index < -0.39 is 0 Å². The van der Waals surface area contributed by atoms with Gasteiger partial charge in [0.1, 0.15) is 0 Å². The predicted molar refractivity (Wildman–Crippen MR) is 71.5 cm³/mol. The SMILES string of the molecule is CCOCCCNC(=O)c1ccc(N)cc1.Cl. The molecule has 0 unspecified atom stereocenters. The van der Waals surface area contributed by atoms with Gasteiger partial charge in [0.2, 0.25) is 0 Å². The Balaban J connectivity index is 0.00000256. The molecule has 1 rings (SSSR count). The molecule has 5 heteroatoms. The molecule has 0 radical (unpaired) electrons. The normalized spacial score (nSPS) is 9.47. The maximum absolute atomic E-state index is 11.6. The van der Waals surface area contributed by atoms with Gasteiger partial charge in [0.05, 0.1) is 0 Å². The summed E-state index contributed by atoms with van der Waals surface area (Å²) in [5, 5.41) is 2.82. The average molecular weight is 259 g/mol. The van der Waals surface area contributed by atoms with Gasteiger partial charge in [-0.3, -0.25) is 4.79 Å². The van der Waals surface area contributed by atoms with E-state index in [0.717, 1.165) is 6.42 Å². The Morgan fingerprint density at radius 1 is 1.35 bits per heavy atom. The Hall–Kier alpha value is -1.26. The number of nitrogens with one attached hydrogen (secondary N) is 1. The van der Waals surface area contributed by atoms with Crippen molar-refractivity contribution in [1.29, 1.82) is 0 Å². The molecule has 0 bridgehead atoms. The molecule has 0 aliphatic carbocycles. The number of halogens is 1. The molecule has 0 aliphatic heterocycles. The van der Waals surface area contributed by atoms with Crippen molar-refractivity contribution in [3.8, 4) is 0 Å². The fraction of sp³-hybridized carbons (Fsp3) is 0.417. The van der Waals surface area contributed by atoms with Crippen molar-refractivity contribution >= 4 is 24.0 Å². The van der Waals surface area contributed by atoms with Crippen LogP contribution < -0.4 is 11.1 Å². The van der Waals surface area contributed by atoms with Crippen LogP contribution in [0.15, 0.2) is 24.3 Å². The summed E-state index contributed by atoms with van der Waals surface area (Å²) < 4.78 is 5.17. The number of amides is 1. The lowest BCUT2D eigenvalue weighted by atomic mass is 10.2. The molecule has 96 valence electrons. The summed E-state index contributed by atoms with van der Waals surface area (Å²) in [6, 6.07) is 6.87. The number of rotatable bonds is 6. The summed E-state index contributed by atoms with van der Waals surface area (Å²) in [5.41, 5.74) is 6.82. The third kappa shape index (κ3) is 6.14. The van der Waals surface area contributed by atoms with E-state index >= 15 is 0 Å². The van der Waals surface area contributed by atoms with Crippen LogP contribution in [0.1, 0.15) is 23.7 Å². The molecule has 4 nitrogen and oxygen atoms in total. The third-order valence-electron chi connectivity index (χ3n) is 2.13. The molecule has 0 fully saturated rings. The van der Waals surface area contributed by atoms with Gasteiger partial charge < -0.3 is 15.8 Å². The molecule has 1 amide bonds. The number of carbonyl (C=O) groups excluding carboxylic acids is 1. The second-order valence-electron chi connectivity index (χ2n) is 3.43. The monoisotopic (exact) mass is 258 g/mol. The first kappa shape index (κ1) is 15.7. The highest BCUT2D eigenvalue weighted by atomic mass is 35.5. The van der Waals surface area contributed by atoms with Gasteiger partial charge in [0.15, 0.2) is 0 Å². The second kappa shape index (κ2) is 8.84. The number of ether oxygens (including phenoxy) is 1. The molecule has 0 heterocycles. The number of carbonyl (C=O) groups is 1. The molecule has 0 saturated carbocycles. The minimum Gasteiger partial charge on any atom is -0.399 e. The molecule has 0 spiro atoms. The first-order chi connectivity index (χ1) is 7.74. The highest BCUT2D eigenvalue weighted by Crippen LogP contribution is 2.04. The van der Waals surface area contributed by atoms with Crippen molar-refractivity contribution in [3.05, 3.63) is 29.8 Å². The fourth-order valence-corrected chi connectivity index (χ4v) is 1.26. The van der Waals surface area contributed by atoms with Crippen molar-refractivity contribution in [3.63, 3.8) is 0 Å². The van der Waals surface area contributed by atoms with Crippen LogP contribution in [0.5, 0.6) is 0 Å². The summed E-state index contributed by atoms with van der Waals surface area (Å²) in [4.78, 5) is 11.6. The van der Waals surface area contributed by atoms with Gasteiger partial charge in [-0.15, -0.1) is 12.4 Å². The molecule has 1 aromatic carbocycles. The van der Waals surface area contributed by atoms with Gasteiger partial charge in [-0.25, -0.2) is 0 Å². The Kier molecular flexibility index (Phi) is 8.19. The summed E-state index contributed by atoms with van der Waals surface area (Å²) in [7, 11) is 0. The quantitative estimate of drug-likeness (QED) is 0.605. The van der Waals surface area contributed by atoms with E-state index in [1.54, 1.807) is 24.3 Å². The highest BCUT2D eigenvalue weighted by molar-refractivity contribution is 5.94. The van der Waals surface area contributed by atoms with Crippen molar-refractivity contribution in [1.82, 2.24) is 5.32 Å². The van der Waals surface area contributed by atoms with E-state index in [-0.39, 0.29) is 18.3 Å². The third-order valence-corrected chi connectivity index (χ3v) is 2.13. The second-order valence-corrected chi connectivity index (χ2v) is 3.43. The Morgan fingerprint density at radius 2 is 2.00 bits per heavy atom. The predicted octanol–water partition coefficient (Wildman–Crippen LogP) is 1.85. The standard InChI is InChI=1S/C12H18N2O2.ClH/c1-2-16-9-3-8-14-12(15)10-4-6-11(13)7-5-10;/h4-7H,2-3,8-9,13H2,1H3,(H,14,15);1H. The number of nitrogen functional groups attached to an aromatic ring is 1. The Labute approximate surface area is 108 Å². The lowest BCUT2D eigenvalue weighted by Gasteiger charge is -2.05. The van der Waals surface area contributed by atoms with Crippen LogP contribution in [0.3, 0.4) is 0 Å². The summed E-state index contributed by atoms with van der Waals surface area (Å²) in [6.45, 7) is 3.97. The molecule has 0 aromatic heterocycles. The molecule has 3 N–H and O–H groups in total. The van der Waals surface area contributed by atoms with E-state index in [1.807, 2.05) is 6.92 Å². The van der Waals surface area contributed by atoms with Gasteiger partial charge in [0.25, 0.3) is 5.91 Å². The first-order valence-corrected chi connectivity index (χ1v) is 5.45. The van der Waals surface area contributed by atoms with Crippen LogP contribution in [0.4, 0.5) is 5.69 Å². The lowest BCUT2D eigenvalue weighted by Crippen LogP contribution is -2.25. The van der Waals surface area contributed by atoms with Crippen LogP contribution >= 0.6 is 12.4 Å². The molecular weight excluding hydrogens is 240 g/mol. The van der Waals surface area contributed by atoms with Crippen LogP contribution in [-0.4, -0.2) is 25.7 Å². The summed E-state index contributed by atoms with van der Waals surface area (Å²) >= 11 is 0. The number of anilines is 1. The van der Waals surface area contributed by atoms with E-state index in [1.165, 1.54) is 0 Å². The summed E-state index contributed by atoms with van der Waals surface area (Å²) in [6.07, 6.45) is 0.828. The summed E-state index contributed by atoms with van der Waals surface area (Å²) in [5.74, 6) is -0.0727. The Bertz CT molecular complexity index is 328. The van der Waals surface area contributed by atoms with Crippen LogP contribution in [0.2, 0.25) is 0 Å². The average Bonchev–Trinajstić information content (AvgIpc) is 2.29. The number of benzene rings is 1. The molecule has 0 atom stereocenters. The maximum atomic E-state index is 11.6. The fourth-order valence-electron chi connectivity index (χ4n) is 1.26. The van der Waals surface area contributed by atoms with Crippen molar-refractivity contribution in [2.45, 2.75) is 13.3 Å². The minimum atomic E-state index is -0.0727. The van der Waals surface area contributed by atoms with Crippen molar-refractivity contribution < 1.29 is 9.53 Å². The molecule has 17 heavy (non-hydrogen) atoms. The number of hydrogen-bond donors (Lipinski definition) is 2.